The molecule has 6 atom stereocenters. The summed E-state index contributed by atoms with van der Waals surface area (Å²) in [5.41, 5.74) is 15.0. The van der Waals surface area contributed by atoms with Crippen LogP contribution < -0.4 is 0 Å². The van der Waals surface area contributed by atoms with Gasteiger partial charge in [0.05, 0.1) is 23.2 Å². The summed E-state index contributed by atoms with van der Waals surface area (Å²) in [5, 5.41) is 3.77. The lowest BCUT2D eigenvalue weighted by Crippen LogP contribution is -2.61. The quantitative estimate of drug-likeness (QED) is 0.0658. The van der Waals surface area contributed by atoms with Crippen LogP contribution in [0, 0.1) is 0 Å². The fourth-order valence-corrected chi connectivity index (χ4v) is 8.32. The topological polar surface area (TPSA) is 85.7 Å². The number of rotatable bonds is 10. The number of fused-ring (bicyclic) bond motifs is 1. The summed E-state index contributed by atoms with van der Waals surface area (Å²) in [6.07, 6.45) is -2.97. The van der Waals surface area contributed by atoms with Crippen molar-refractivity contribution in [1.82, 2.24) is 0 Å². The normalized spacial score (nSPS) is 24.1. The fourth-order valence-electron chi connectivity index (χ4n) is 6.50. The van der Waals surface area contributed by atoms with Gasteiger partial charge in [-0.1, -0.05) is 157 Å². The van der Waals surface area contributed by atoms with E-state index in [0.717, 1.165) is 27.8 Å². The molecule has 7 nitrogen and oxygen atoms in total. The summed E-state index contributed by atoms with van der Waals surface area (Å²) in [5.74, 6) is 0. The molecule has 2 fully saturated rings. The second-order valence-electron chi connectivity index (χ2n) is 11.6. The van der Waals surface area contributed by atoms with Gasteiger partial charge in [0.25, 0.3) is 0 Å². The number of thioether (sulfide) groups is 1. The van der Waals surface area contributed by atoms with Crippen LogP contribution in [0.4, 0.5) is 0 Å². The highest BCUT2D eigenvalue weighted by Gasteiger charge is 2.54. The highest BCUT2D eigenvalue weighted by atomic mass is 32.2. The van der Waals surface area contributed by atoms with Crippen molar-refractivity contribution in [2.45, 2.75) is 47.4 Å². The summed E-state index contributed by atoms with van der Waals surface area (Å²) < 4.78 is 25.7. The van der Waals surface area contributed by atoms with E-state index in [0.29, 0.717) is 6.61 Å². The molecule has 0 radical (unpaired) electrons. The molecule has 2 aliphatic rings. The molecular formula is C39H35N3O4S. The Bertz CT molecular complexity index is 1660. The Morgan fingerprint density at radius 1 is 0.702 bits per heavy atom. The van der Waals surface area contributed by atoms with Crippen LogP contribution in [-0.4, -0.2) is 36.4 Å². The lowest BCUT2D eigenvalue weighted by molar-refractivity contribution is -0.313. The van der Waals surface area contributed by atoms with Crippen molar-refractivity contribution in [3.05, 3.63) is 190 Å². The van der Waals surface area contributed by atoms with Gasteiger partial charge in [0, 0.05) is 10.5 Å². The van der Waals surface area contributed by atoms with Crippen LogP contribution in [-0.2, 0) is 30.3 Å². The molecule has 0 saturated carbocycles. The first-order valence-corrected chi connectivity index (χ1v) is 16.7. The van der Waals surface area contributed by atoms with Crippen LogP contribution in [0.25, 0.3) is 10.4 Å². The number of ether oxygens (including phenoxy) is 4. The van der Waals surface area contributed by atoms with Crippen LogP contribution in [0.2, 0.25) is 0 Å². The van der Waals surface area contributed by atoms with Gasteiger partial charge in [0.1, 0.15) is 18.3 Å². The monoisotopic (exact) mass is 641 g/mol. The van der Waals surface area contributed by atoms with E-state index in [1.165, 1.54) is 0 Å². The van der Waals surface area contributed by atoms with Gasteiger partial charge in [0.15, 0.2) is 12.5 Å². The van der Waals surface area contributed by atoms with E-state index in [1.54, 1.807) is 11.8 Å². The number of azide groups is 1. The van der Waals surface area contributed by atoms with Gasteiger partial charge in [-0.3, -0.25) is 0 Å². The summed E-state index contributed by atoms with van der Waals surface area (Å²) in [4.78, 5) is 3.26. The first kappa shape index (κ1) is 31.2. The van der Waals surface area contributed by atoms with Crippen molar-refractivity contribution in [2.24, 2.45) is 5.11 Å². The molecular weight excluding hydrogens is 607 g/mol. The molecule has 2 aliphatic heterocycles. The Morgan fingerprint density at radius 3 is 1.74 bits per heavy atom. The second kappa shape index (κ2) is 14.6. The number of hydrogen-bond acceptors (Lipinski definition) is 6. The minimum absolute atomic E-state index is 0.269. The smallest absolute Gasteiger partial charge is 0.184 e. The number of hydrogen-bond donors (Lipinski definition) is 0. The largest absolute Gasteiger partial charge is 0.369 e. The molecule has 0 bridgehead atoms. The maximum atomic E-state index is 9.83. The van der Waals surface area contributed by atoms with Crippen molar-refractivity contribution < 1.29 is 18.9 Å². The average molecular weight is 642 g/mol. The fraction of sp³-hybridized carbons (Fsp3) is 0.231. The van der Waals surface area contributed by atoms with Gasteiger partial charge in [-0.2, -0.15) is 0 Å². The molecule has 236 valence electrons. The van der Waals surface area contributed by atoms with Gasteiger partial charge >= 0.3 is 0 Å². The van der Waals surface area contributed by atoms with Crippen molar-refractivity contribution >= 4 is 11.8 Å². The highest BCUT2D eigenvalue weighted by molar-refractivity contribution is 8.01. The van der Waals surface area contributed by atoms with Crippen LogP contribution in [0.1, 0.15) is 34.1 Å². The van der Waals surface area contributed by atoms with E-state index >= 15 is 0 Å². The Balaban J connectivity index is 1.37. The zero-order chi connectivity index (χ0) is 31.9. The molecule has 7 rings (SSSR count). The third-order valence-corrected chi connectivity index (χ3v) is 10.5. The maximum absolute atomic E-state index is 9.83. The lowest BCUT2D eigenvalue weighted by Gasteiger charge is -2.50. The Kier molecular flexibility index (Phi) is 9.68. The molecule has 0 amide bonds. The molecule has 0 aromatic heterocycles. The molecule has 5 aromatic rings. The third-order valence-electron chi connectivity index (χ3n) is 8.68. The zero-order valence-electron chi connectivity index (χ0n) is 25.7. The van der Waals surface area contributed by atoms with Crippen molar-refractivity contribution in [2.75, 3.05) is 6.61 Å². The van der Waals surface area contributed by atoms with Gasteiger partial charge in [-0.15, -0.1) is 11.8 Å². The number of benzene rings is 5. The number of nitrogens with zero attached hydrogens (tertiary/aromatic N) is 3. The molecule has 0 N–H and O–H groups in total. The van der Waals surface area contributed by atoms with E-state index in [4.69, 9.17) is 18.9 Å². The Hall–Kier alpha value is -4.40. The molecule has 2 saturated heterocycles. The van der Waals surface area contributed by atoms with E-state index in [1.807, 2.05) is 78.9 Å². The molecule has 0 aliphatic carbocycles. The minimum atomic E-state index is -0.858. The Labute approximate surface area is 279 Å². The van der Waals surface area contributed by atoms with Gasteiger partial charge in [-0.05, 0) is 27.8 Å². The second-order valence-corrected chi connectivity index (χ2v) is 13.0. The van der Waals surface area contributed by atoms with E-state index in [9.17, 15) is 5.53 Å². The maximum Gasteiger partial charge on any atom is 0.184 e. The highest BCUT2D eigenvalue weighted by Crippen LogP contribution is 2.54. The Morgan fingerprint density at radius 2 is 1.21 bits per heavy atom. The first-order chi connectivity index (χ1) is 23.3. The van der Waals surface area contributed by atoms with Gasteiger partial charge in [-0.25, -0.2) is 0 Å². The first-order valence-electron chi connectivity index (χ1n) is 15.8. The van der Waals surface area contributed by atoms with Crippen molar-refractivity contribution in [1.29, 1.82) is 0 Å². The van der Waals surface area contributed by atoms with Crippen LogP contribution >= 0.6 is 11.8 Å². The SMILES string of the molecule is [N-]=[N+]=N[C@H]1O[C@@H]2CO[C@@H](c3ccccc3)O[C@H]2[C@H](OCc2ccccc2)[C@@H]1SC(c1ccccc1)(c1ccccc1)c1ccccc1. The third kappa shape index (κ3) is 6.58. The van der Waals surface area contributed by atoms with Gasteiger partial charge in [0.2, 0.25) is 0 Å². The summed E-state index contributed by atoms with van der Waals surface area (Å²) >= 11 is 1.68. The molecule has 0 spiro atoms. The molecule has 5 aromatic carbocycles. The molecule has 47 heavy (non-hydrogen) atoms. The van der Waals surface area contributed by atoms with Crippen molar-refractivity contribution in [3.8, 4) is 0 Å². The van der Waals surface area contributed by atoms with Crippen LogP contribution in [0.3, 0.4) is 0 Å². The van der Waals surface area contributed by atoms with Crippen LogP contribution in [0.5, 0.6) is 0 Å². The van der Waals surface area contributed by atoms with Crippen LogP contribution in [0.15, 0.2) is 157 Å². The summed E-state index contributed by atoms with van der Waals surface area (Å²) in [6, 6.07) is 51.3. The summed E-state index contributed by atoms with van der Waals surface area (Å²) in [7, 11) is 0. The minimum Gasteiger partial charge on any atom is -0.369 e. The average Bonchev–Trinajstić information content (AvgIpc) is 3.15. The molecule has 0 unspecified atom stereocenters. The van der Waals surface area contributed by atoms with E-state index < -0.39 is 40.8 Å². The van der Waals surface area contributed by atoms with Crippen molar-refractivity contribution in [3.63, 3.8) is 0 Å². The van der Waals surface area contributed by atoms with E-state index in [2.05, 4.69) is 82.8 Å². The predicted molar refractivity (Wildman–Crippen MR) is 183 cm³/mol. The van der Waals surface area contributed by atoms with Gasteiger partial charge < -0.3 is 18.9 Å². The molecule has 8 heteroatoms. The van der Waals surface area contributed by atoms with E-state index in [-0.39, 0.29) is 6.61 Å². The summed E-state index contributed by atoms with van der Waals surface area (Å²) in [6.45, 7) is 0.621. The standard InChI is InChI=1S/C39H35N3O4S/c40-42-41-37-36(47-39(30-20-10-3-11-21-30,31-22-12-4-13-23-31)32-24-14-5-15-25-32)35(43-26-28-16-6-1-7-17-28)34-33(45-37)27-44-38(46-34)29-18-8-2-9-19-29/h1-25,33-38H,26-27H2/t33-,34-,35+,36+,37+,38-/m1/s1. The molecule has 2 heterocycles. The predicted octanol–water partition coefficient (Wildman–Crippen LogP) is 8.82. The zero-order valence-corrected chi connectivity index (χ0v) is 26.5. The lowest BCUT2D eigenvalue weighted by atomic mass is 9.84.